The van der Waals surface area contributed by atoms with Crippen LogP contribution in [-0.2, 0) is 6.42 Å². The van der Waals surface area contributed by atoms with Crippen molar-refractivity contribution < 1.29 is 19.7 Å². The second kappa shape index (κ2) is 9.23. The summed E-state index contributed by atoms with van der Waals surface area (Å²) < 4.78 is 5.41. The molecule has 2 N–H and O–H groups in total. The van der Waals surface area contributed by atoms with Gasteiger partial charge in [0.25, 0.3) is 5.91 Å². The molecule has 1 atom stereocenters. The molecule has 0 saturated heterocycles. The molecule has 9 heteroatoms. The van der Waals surface area contributed by atoms with Crippen molar-refractivity contribution in [1.29, 1.82) is 0 Å². The zero-order valence-corrected chi connectivity index (χ0v) is 19.5. The van der Waals surface area contributed by atoms with E-state index in [4.69, 9.17) is 16.3 Å². The summed E-state index contributed by atoms with van der Waals surface area (Å²) in [6.07, 6.45) is 6.30. The third-order valence-electron chi connectivity index (χ3n) is 6.06. The molecule has 4 aromatic rings. The minimum atomic E-state index is -0.382. The largest absolute Gasteiger partial charge is 0.508 e. The van der Waals surface area contributed by atoms with Gasteiger partial charge in [0.1, 0.15) is 17.2 Å². The Balaban J connectivity index is 1.63. The summed E-state index contributed by atoms with van der Waals surface area (Å²) in [6, 6.07) is 13.1. The van der Waals surface area contributed by atoms with Gasteiger partial charge >= 0.3 is 0 Å². The van der Waals surface area contributed by atoms with E-state index < -0.39 is 0 Å². The summed E-state index contributed by atoms with van der Waals surface area (Å²) in [5.41, 5.74) is 3.97. The number of benzene rings is 2. The number of pyridine rings is 1. The Kier molecular flexibility index (Phi) is 5.96. The SMILES string of the molecule is COc1cnc(Cl)nc1-c1ccc2c(c1)CCC(c1cccnc1)N2C(=O)c1ccc(O)cc1O. The van der Waals surface area contributed by atoms with Crippen LogP contribution in [-0.4, -0.2) is 38.2 Å². The number of nitrogens with zero attached hydrogens (tertiary/aromatic N) is 4. The van der Waals surface area contributed by atoms with Gasteiger partial charge in [-0.05, 0) is 65.9 Å². The van der Waals surface area contributed by atoms with E-state index in [9.17, 15) is 15.0 Å². The number of rotatable bonds is 4. The molecule has 35 heavy (non-hydrogen) atoms. The number of halogens is 1. The molecule has 1 aliphatic heterocycles. The Morgan fingerprint density at radius 3 is 2.74 bits per heavy atom. The quantitative estimate of drug-likeness (QED) is 0.391. The summed E-state index contributed by atoms with van der Waals surface area (Å²) in [6.45, 7) is 0. The fourth-order valence-corrected chi connectivity index (χ4v) is 4.57. The van der Waals surface area contributed by atoms with Gasteiger partial charge in [0.2, 0.25) is 5.28 Å². The summed E-state index contributed by atoms with van der Waals surface area (Å²) in [7, 11) is 1.54. The number of methoxy groups -OCH3 is 1. The van der Waals surface area contributed by atoms with Gasteiger partial charge in [-0.3, -0.25) is 9.78 Å². The minimum absolute atomic E-state index is 0.0952. The monoisotopic (exact) mass is 488 g/mol. The number of aromatic nitrogens is 3. The topological polar surface area (TPSA) is 109 Å². The number of aromatic hydroxyl groups is 2. The van der Waals surface area contributed by atoms with Crippen LogP contribution in [0.2, 0.25) is 5.28 Å². The van der Waals surface area contributed by atoms with Crippen molar-refractivity contribution in [3.63, 3.8) is 0 Å². The Morgan fingerprint density at radius 2 is 2.00 bits per heavy atom. The van der Waals surface area contributed by atoms with E-state index in [1.165, 1.54) is 25.4 Å². The molecule has 3 heterocycles. The highest BCUT2D eigenvalue weighted by atomic mass is 35.5. The van der Waals surface area contributed by atoms with Crippen LogP contribution in [0.5, 0.6) is 17.2 Å². The van der Waals surface area contributed by atoms with Crippen molar-refractivity contribution in [3.8, 4) is 28.5 Å². The van der Waals surface area contributed by atoms with Gasteiger partial charge in [0.05, 0.1) is 24.9 Å². The first-order valence-corrected chi connectivity index (χ1v) is 11.3. The molecule has 8 nitrogen and oxygen atoms in total. The third kappa shape index (κ3) is 4.24. The summed E-state index contributed by atoms with van der Waals surface area (Å²) in [5, 5.41) is 20.2. The number of hydrogen-bond acceptors (Lipinski definition) is 7. The van der Waals surface area contributed by atoms with Gasteiger partial charge in [0, 0.05) is 29.7 Å². The molecule has 0 fully saturated rings. The van der Waals surface area contributed by atoms with E-state index in [2.05, 4.69) is 15.0 Å². The molecule has 0 radical (unpaired) electrons. The summed E-state index contributed by atoms with van der Waals surface area (Å²) in [4.78, 5) is 28.0. The highest BCUT2D eigenvalue weighted by Crippen LogP contribution is 2.42. The first-order valence-electron chi connectivity index (χ1n) is 10.9. The molecule has 0 bridgehead atoms. The van der Waals surface area contributed by atoms with Crippen molar-refractivity contribution in [2.75, 3.05) is 12.0 Å². The standard InChI is InChI=1S/C26H21ClN4O4/c1-35-23-14-29-26(27)30-24(23)16-5-9-20-15(11-16)4-8-21(17-3-2-10-28-13-17)31(20)25(34)19-7-6-18(32)12-22(19)33/h2-3,5-7,9-14,21,32-33H,4,8H2,1H3. The predicted octanol–water partition coefficient (Wildman–Crippen LogP) is 4.95. The summed E-state index contributed by atoms with van der Waals surface area (Å²) >= 11 is 6.03. The maximum absolute atomic E-state index is 13.8. The number of phenols is 2. The zero-order valence-electron chi connectivity index (χ0n) is 18.7. The number of amides is 1. The maximum atomic E-state index is 13.8. The Bertz CT molecular complexity index is 1410. The number of phenolic OH excluding ortho intramolecular Hbond substituents is 2. The van der Waals surface area contributed by atoms with E-state index in [1.807, 2.05) is 30.3 Å². The van der Waals surface area contributed by atoms with Gasteiger partial charge in [-0.1, -0.05) is 12.1 Å². The van der Waals surface area contributed by atoms with Crippen molar-refractivity contribution >= 4 is 23.2 Å². The first kappa shape index (κ1) is 22.6. The van der Waals surface area contributed by atoms with Gasteiger partial charge in [0.15, 0.2) is 5.75 Å². The molecule has 2 aromatic carbocycles. The first-order chi connectivity index (χ1) is 17.0. The number of carbonyl (C=O) groups is 1. The Morgan fingerprint density at radius 1 is 1.14 bits per heavy atom. The van der Waals surface area contributed by atoms with Crippen LogP contribution >= 0.6 is 11.6 Å². The Hall–Kier alpha value is -4.17. The molecule has 176 valence electrons. The van der Waals surface area contributed by atoms with Crippen molar-refractivity contribution in [1.82, 2.24) is 15.0 Å². The second-order valence-electron chi connectivity index (χ2n) is 8.12. The number of anilines is 1. The number of ether oxygens (including phenoxy) is 1. The van der Waals surface area contributed by atoms with E-state index in [-0.39, 0.29) is 34.3 Å². The normalized spacial score (nSPS) is 14.9. The van der Waals surface area contributed by atoms with E-state index in [1.54, 1.807) is 17.3 Å². The highest BCUT2D eigenvalue weighted by Gasteiger charge is 2.34. The molecule has 0 aliphatic carbocycles. The van der Waals surface area contributed by atoms with Gasteiger partial charge < -0.3 is 19.8 Å². The fraction of sp³-hybridized carbons (Fsp3) is 0.154. The molecule has 0 saturated carbocycles. The van der Waals surface area contributed by atoms with Gasteiger partial charge in [-0.2, -0.15) is 0 Å². The highest BCUT2D eigenvalue weighted by molar-refractivity contribution is 6.28. The number of aryl methyl sites for hydroxylation is 1. The lowest BCUT2D eigenvalue weighted by molar-refractivity contribution is 0.0970. The van der Waals surface area contributed by atoms with Crippen LogP contribution in [0, 0.1) is 0 Å². The number of carbonyl (C=O) groups excluding carboxylic acids is 1. The Labute approximate surface area is 206 Å². The van der Waals surface area contributed by atoms with Crippen LogP contribution in [0.1, 0.15) is 33.9 Å². The second-order valence-corrected chi connectivity index (χ2v) is 8.46. The van der Waals surface area contributed by atoms with E-state index in [0.29, 0.717) is 30.0 Å². The number of fused-ring (bicyclic) bond motifs is 1. The lowest BCUT2D eigenvalue weighted by atomic mass is 9.89. The average molecular weight is 489 g/mol. The number of hydrogen-bond donors (Lipinski definition) is 2. The maximum Gasteiger partial charge on any atom is 0.262 e. The van der Waals surface area contributed by atoms with Crippen LogP contribution < -0.4 is 9.64 Å². The van der Waals surface area contributed by atoms with Crippen molar-refractivity contribution in [3.05, 3.63) is 89.1 Å². The molecule has 2 aromatic heterocycles. The molecule has 1 amide bonds. The van der Waals surface area contributed by atoms with Crippen molar-refractivity contribution in [2.45, 2.75) is 18.9 Å². The molecular formula is C26H21ClN4O4. The molecular weight excluding hydrogens is 468 g/mol. The zero-order chi connectivity index (χ0) is 24.5. The van der Waals surface area contributed by atoms with Gasteiger partial charge in [-0.15, -0.1) is 0 Å². The smallest absolute Gasteiger partial charge is 0.262 e. The minimum Gasteiger partial charge on any atom is -0.508 e. The van der Waals surface area contributed by atoms with Crippen LogP contribution in [0.25, 0.3) is 11.3 Å². The molecule has 5 rings (SSSR count). The fourth-order valence-electron chi connectivity index (χ4n) is 4.43. The van der Waals surface area contributed by atoms with Crippen LogP contribution in [0.15, 0.2) is 67.1 Å². The lowest BCUT2D eigenvalue weighted by Crippen LogP contribution is -2.38. The molecule has 1 unspecified atom stereocenters. The van der Waals surface area contributed by atoms with E-state index >= 15 is 0 Å². The average Bonchev–Trinajstić information content (AvgIpc) is 2.88. The van der Waals surface area contributed by atoms with Crippen molar-refractivity contribution in [2.24, 2.45) is 0 Å². The summed E-state index contributed by atoms with van der Waals surface area (Å²) in [5.74, 6) is -0.305. The molecule has 0 spiro atoms. The molecule has 1 aliphatic rings. The lowest BCUT2D eigenvalue weighted by Gasteiger charge is -2.38. The van der Waals surface area contributed by atoms with Crippen LogP contribution in [0.3, 0.4) is 0 Å². The third-order valence-corrected chi connectivity index (χ3v) is 6.24. The van der Waals surface area contributed by atoms with E-state index in [0.717, 1.165) is 22.8 Å². The van der Waals surface area contributed by atoms with Crippen LogP contribution in [0.4, 0.5) is 5.69 Å². The van der Waals surface area contributed by atoms with Gasteiger partial charge in [-0.25, -0.2) is 9.97 Å². The predicted molar refractivity (Wildman–Crippen MR) is 131 cm³/mol.